The largest absolute Gasteiger partial charge is 0.317 e. The number of benzene rings is 1. The zero-order valence-corrected chi connectivity index (χ0v) is 13.1. The highest BCUT2D eigenvalue weighted by molar-refractivity contribution is 5.23. The Kier molecular flexibility index (Phi) is 4.60. The van der Waals surface area contributed by atoms with Gasteiger partial charge in [0, 0.05) is 12.6 Å². The van der Waals surface area contributed by atoms with Crippen molar-refractivity contribution in [3.63, 3.8) is 0 Å². The lowest BCUT2D eigenvalue weighted by Crippen LogP contribution is -2.42. The Morgan fingerprint density at radius 3 is 2.57 bits per heavy atom. The normalized spacial score (nSPS) is 22.6. The summed E-state index contributed by atoms with van der Waals surface area (Å²) in [5.74, 6) is -0.107. The molecule has 1 aliphatic heterocycles. The Morgan fingerprint density at radius 2 is 1.90 bits per heavy atom. The van der Waals surface area contributed by atoms with Crippen molar-refractivity contribution in [1.29, 1.82) is 0 Å². The molecule has 2 N–H and O–H groups in total. The zero-order valence-electron chi connectivity index (χ0n) is 13.1. The van der Waals surface area contributed by atoms with Gasteiger partial charge in [0.05, 0.1) is 0 Å². The highest BCUT2D eigenvalue weighted by Crippen LogP contribution is 2.43. The van der Waals surface area contributed by atoms with E-state index >= 15 is 0 Å². The Balaban J connectivity index is 1.48. The smallest absolute Gasteiger partial charge is 0.126 e. The first-order valence-electron chi connectivity index (χ1n) is 8.36. The van der Waals surface area contributed by atoms with Gasteiger partial charge in [0.2, 0.25) is 0 Å². The average Bonchev–Trinajstić information content (AvgIpc) is 2.51. The maximum absolute atomic E-state index is 13.3. The van der Waals surface area contributed by atoms with Crippen LogP contribution in [-0.4, -0.2) is 19.1 Å². The summed E-state index contributed by atoms with van der Waals surface area (Å²) in [7, 11) is 0. The molecule has 3 rings (SSSR count). The molecule has 21 heavy (non-hydrogen) atoms. The van der Waals surface area contributed by atoms with E-state index in [9.17, 15) is 4.39 Å². The van der Waals surface area contributed by atoms with Crippen LogP contribution in [0.3, 0.4) is 0 Å². The third-order valence-corrected chi connectivity index (χ3v) is 5.53. The molecule has 0 bridgehead atoms. The average molecular weight is 290 g/mol. The molecule has 116 valence electrons. The predicted octanol–water partition coefficient (Wildman–Crippen LogP) is 3.54. The molecule has 1 aromatic carbocycles. The standard InChI is InChI=1S/C18H27FN2/c1-14-12-15(2-3-17(14)19)13-21-16-4-6-18(7-5-16)8-10-20-11-9-18/h2-3,12,16,20-21H,4-11,13H2,1H3. The van der Waals surface area contributed by atoms with Crippen LogP contribution in [0.1, 0.15) is 49.7 Å². The van der Waals surface area contributed by atoms with Gasteiger partial charge in [-0.1, -0.05) is 12.1 Å². The lowest BCUT2D eigenvalue weighted by Gasteiger charge is -2.43. The molecular formula is C18H27FN2. The Hall–Kier alpha value is -0.930. The number of halogens is 1. The summed E-state index contributed by atoms with van der Waals surface area (Å²) >= 11 is 0. The number of piperidine rings is 1. The highest BCUT2D eigenvalue weighted by atomic mass is 19.1. The van der Waals surface area contributed by atoms with Crippen LogP contribution in [-0.2, 0) is 6.54 Å². The predicted molar refractivity (Wildman–Crippen MR) is 84.8 cm³/mol. The molecule has 2 aliphatic rings. The molecule has 0 atom stereocenters. The summed E-state index contributed by atoms with van der Waals surface area (Å²) in [4.78, 5) is 0. The summed E-state index contributed by atoms with van der Waals surface area (Å²) in [5.41, 5.74) is 2.57. The van der Waals surface area contributed by atoms with Crippen molar-refractivity contribution < 1.29 is 4.39 Å². The van der Waals surface area contributed by atoms with Gasteiger partial charge in [0.25, 0.3) is 0 Å². The molecule has 0 amide bonds. The van der Waals surface area contributed by atoms with Gasteiger partial charge in [-0.2, -0.15) is 0 Å². The Bertz CT molecular complexity index is 470. The van der Waals surface area contributed by atoms with Crippen molar-refractivity contribution in [3.05, 3.63) is 35.1 Å². The quantitative estimate of drug-likeness (QED) is 0.890. The van der Waals surface area contributed by atoms with Crippen molar-refractivity contribution in [2.45, 2.75) is 58.0 Å². The van der Waals surface area contributed by atoms with E-state index < -0.39 is 0 Å². The van der Waals surface area contributed by atoms with Crippen LogP contribution in [0.25, 0.3) is 0 Å². The fourth-order valence-electron chi connectivity index (χ4n) is 3.97. The van der Waals surface area contributed by atoms with Crippen molar-refractivity contribution in [2.24, 2.45) is 5.41 Å². The molecule has 2 fully saturated rings. The van der Waals surface area contributed by atoms with Gasteiger partial charge < -0.3 is 10.6 Å². The molecule has 1 heterocycles. The second-order valence-electron chi connectivity index (χ2n) is 6.99. The second kappa shape index (κ2) is 6.45. The maximum Gasteiger partial charge on any atom is 0.126 e. The molecule has 1 aromatic rings. The van der Waals surface area contributed by atoms with Gasteiger partial charge in [-0.25, -0.2) is 4.39 Å². The number of rotatable bonds is 3. The van der Waals surface area contributed by atoms with Crippen LogP contribution in [0.4, 0.5) is 4.39 Å². The van der Waals surface area contributed by atoms with Gasteiger partial charge in [0.1, 0.15) is 5.82 Å². The molecular weight excluding hydrogens is 263 g/mol. The van der Waals surface area contributed by atoms with E-state index in [1.54, 1.807) is 6.07 Å². The van der Waals surface area contributed by atoms with E-state index in [1.807, 2.05) is 19.1 Å². The first-order chi connectivity index (χ1) is 10.2. The SMILES string of the molecule is Cc1cc(CNC2CCC3(CCNCC3)CC2)ccc1F. The van der Waals surface area contributed by atoms with Crippen LogP contribution in [0.2, 0.25) is 0 Å². The van der Waals surface area contributed by atoms with Crippen LogP contribution in [0, 0.1) is 18.2 Å². The topological polar surface area (TPSA) is 24.1 Å². The lowest BCUT2D eigenvalue weighted by atomic mass is 9.67. The third kappa shape index (κ3) is 3.64. The molecule has 0 unspecified atom stereocenters. The summed E-state index contributed by atoms with van der Waals surface area (Å²) in [6.07, 6.45) is 8.04. The highest BCUT2D eigenvalue weighted by Gasteiger charge is 2.35. The monoisotopic (exact) mass is 290 g/mol. The first kappa shape index (κ1) is 15.0. The number of hydrogen-bond acceptors (Lipinski definition) is 2. The van der Waals surface area contributed by atoms with Crippen LogP contribution in [0.5, 0.6) is 0 Å². The van der Waals surface area contributed by atoms with Crippen LogP contribution < -0.4 is 10.6 Å². The zero-order chi connectivity index (χ0) is 14.7. The van der Waals surface area contributed by atoms with Gasteiger partial charge in [-0.3, -0.25) is 0 Å². The lowest BCUT2D eigenvalue weighted by molar-refractivity contribution is 0.115. The van der Waals surface area contributed by atoms with E-state index in [4.69, 9.17) is 0 Å². The molecule has 0 radical (unpaired) electrons. The molecule has 1 saturated heterocycles. The maximum atomic E-state index is 13.3. The number of nitrogens with one attached hydrogen (secondary N) is 2. The van der Waals surface area contributed by atoms with Gasteiger partial charge in [-0.15, -0.1) is 0 Å². The van der Waals surface area contributed by atoms with E-state index in [0.717, 1.165) is 12.1 Å². The van der Waals surface area contributed by atoms with Crippen molar-refractivity contribution in [2.75, 3.05) is 13.1 Å². The second-order valence-corrected chi connectivity index (χ2v) is 6.99. The molecule has 1 spiro atoms. The molecule has 2 nitrogen and oxygen atoms in total. The van der Waals surface area contributed by atoms with Crippen molar-refractivity contribution in [1.82, 2.24) is 10.6 Å². The number of hydrogen-bond donors (Lipinski definition) is 2. The molecule has 0 aromatic heterocycles. The minimum absolute atomic E-state index is 0.107. The molecule has 1 aliphatic carbocycles. The fraction of sp³-hybridized carbons (Fsp3) is 0.667. The van der Waals surface area contributed by atoms with E-state index in [2.05, 4.69) is 10.6 Å². The van der Waals surface area contributed by atoms with Gasteiger partial charge in [-0.05, 0) is 81.1 Å². The summed E-state index contributed by atoms with van der Waals surface area (Å²) in [6.45, 7) is 5.10. The number of aryl methyl sites for hydroxylation is 1. The summed E-state index contributed by atoms with van der Waals surface area (Å²) in [6, 6.07) is 6.07. The summed E-state index contributed by atoms with van der Waals surface area (Å²) < 4.78 is 13.3. The minimum Gasteiger partial charge on any atom is -0.317 e. The van der Waals surface area contributed by atoms with Crippen molar-refractivity contribution >= 4 is 0 Å². The van der Waals surface area contributed by atoms with E-state index in [0.29, 0.717) is 11.5 Å². The van der Waals surface area contributed by atoms with Crippen LogP contribution >= 0.6 is 0 Å². The Labute approximate surface area is 127 Å². The molecule has 1 saturated carbocycles. The third-order valence-electron chi connectivity index (χ3n) is 5.53. The van der Waals surface area contributed by atoms with Crippen LogP contribution in [0.15, 0.2) is 18.2 Å². The van der Waals surface area contributed by atoms with Gasteiger partial charge >= 0.3 is 0 Å². The minimum atomic E-state index is -0.107. The van der Waals surface area contributed by atoms with Gasteiger partial charge in [0.15, 0.2) is 0 Å². The van der Waals surface area contributed by atoms with E-state index in [1.165, 1.54) is 57.2 Å². The van der Waals surface area contributed by atoms with Crippen molar-refractivity contribution in [3.8, 4) is 0 Å². The fourth-order valence-corrected chi connectivity index (χ4v) is 3.97. The van der Waals surface area contributed by atoms with E-state index in [-0.39, 0.29) is 5.82 Å². The summed E-state index contributed by atoms with van der Waals surface area (Å²) in [5, 5.41) is 7.15. The molecule has 3 heteroatoms. The first-order valence-corrected chi connectivity index (χ1v) is 8.36. The Morgan fingerprint density at radius 1 is 1.19 bits per heavy atom.